The molecule has 128 valence electrons. The molecule has 7 heteroatoms. The van der Waals surface area contributed by atoms with Gasteiger partial charge in [-0.1, -0.05) is 0 Å². The fraction of sp³-hybridized carbons (Fsp3) is 0.529. The molecule has 3 aliphatic rings. The molecule has 2 aliphatic heterocycles. The van der Waals surface area contributed by atoms with Gasteiger partial charge in [0.2, 0.25) is 0 Å². The van der Waals surface area contributed by atoms with Crippen LogP contribution in [0.1, 0.15) is 36.0 Å². The summed E-state index contributed by atoms with van der Waals surface area (Å²) in [5.74, 6) is -0.122. The van der Waals surface area contributed by atoms with E-state index in [1.165, 1.54) is 0 Å². The predicted octanol–water partition coefficient (Wildman–Crippen LogP) is 2.38. The summed E-state index contributed by atoms with van der Waals surface area (Å²) in [7, 11) is 0. The monoisotopic (exact) mass is 393 g/mol. The van der Waals surface area contributed by atoms with E-state index in [1.807, 2.05) is 6.07 Å². The van der Waals surface area contributed by atoms with E-state index in [4.69, 9.17) is 4.74 Å². The van der Waals surface area contributed by atoms with E-state index in [0.29, 0.717) is 24.4 Å². The van der Waals surface area contributed by atoms with Crippen LogP contribution in [-0.2, 0) is 4.74 Å². The van der Waals surface area contributed by atoms with Crippen LogP contribution >= 0.6 is 15.9 Å². The Balaban J connectivity index is 1.46. The number of pyridine rings is 1. The van der Waals surface area contributed by atoms with E-state index >= 15 is 0 Å². The lowest BCUT2D eigenvalue weighted by Gasteiger charge is -2.52. The highest BCUT2D eigenvalue weighted by atomic mass is 79.9. The standard InChI is InChI=1S/C17H20BrN3O3/c18-11-5-12-13(7-20-14(12)19-6-11)15(23)21-8-17-3-1-16(9-22,2-4-17)10-24-17/h5-7,22H,1-4,8-10H2,(H,19,20)(H,21,23). The number of fused-ring (bicyclic) bond motifs is 4. The third-order valence-corrected chi connectivity index (χ3v) is 5.99. The highest BCUT2D eigenvalue weighted by Gasteiger charge is 2.49. The Morgan fingerprint density at radius 1 is 1.42 bits per heavy atom. The smallest absolute Gasteiger partial charge is 0.253 e. The Labute approximate surface area is 148 Å². The van der Waals surface area contributed by atoms with E-state index in [1.54, 1.807) is 12.4 Å². The zero-order valence-corrected chi connectivity index (χ0v) is 14.9. The Morgan fingerprint density at radius 2 is 2.21 bits per heavy atom. The number of carbonyl (C=O) groups is 1. The average Bonchev–Trinajstić information content (AvgIpc) is 3.04. The second kappa shape index (κ2) is 5.82. The maximum Gasteiger partial charge on any atom is 0.253 e. The molecular weight excluding hydrogens is 374 g/mol. The van der Waals surface area contributed by atoms with Gasteiger partial charge in [-0.15, -0.1) is 0 Å². The number of halogens is 1. The lowest BCUT2D eigenvalue weighted by atomic mass is 9.66. The summed E-state index contributed by atoms with van der Waals surface area (Å²) in [6, 6.07) is 1.89. The number of carbonyl (C=O) groups excluding carboxylic acids is 1. The number of nitrogens with one attached hydrogen (secondary N) is 2. The Hall–Kier alpha value is -1.44. The number of amides is 1. The van der Waals surface area contributed by atoms with Gasteiger partial charge in [-0.2, -0.15) is 0 Å². The van der Waals surface area contributed by atoms with Gasteiger partial charge in [-0.25, -0.2) is 4.98 Å². The molecule has 0 atom stereocenters. The maximum atomic E-state index is 12.6. The Kier molecular flexibility index (Phi) is 3.89. The minimum Gasteiger partial charge on any atom is -0.396 e. The van der Waals surface area contributed by atoms with E-state index in [0.717, 1.165) is 35.5 Å². The molecule has 0 radical (unpaired) electrons. The van der Waals surface area contributed by atoms with Crippen LogP contribution in [0, 0.1) is 5.41 Å². The highest BCUT2D eigenvalue weighted by molar-refractivity contribution is 9.10. The van der Waals surface area contributed by atoms with E-state index in [9.17, 15) is 9.90 Å². The van der Waals surface area contributed by atoms with Crippen molar-refractivity contribution < 1.29 is 14.6 Å². The molecule has 2 saturated heterocycles. The first-order valence-electron chi connectivity index (χ1n) is 8.21. The molecule has 0 spiro atoms. The van der Waals surface area contributed by atoms with Gasteiger partial charge in [0.25, 0.3) is 5.91 Å². The number of hydrogen-bond acceptors (Lipinski definition) is 4. The van der Waals surface area contributed by atoms with Crippen LogP contribution in [0.25, 0.3) is 11.0 Å². The number of aromatic amines is 1. The lowest BCUT2D eigenvalue weighted by Crippen LogP contribution is -2.57. The van der Waals surface area contributed by atoms with Crippen LogP contribution in [-0.4, -0.2) is 46.3 Å². The van der Waals surface area contributed by atoms with Crippen LogP contribution < -0.4 is 5.32 Å². The molecule has 1 aliphatic carbocycles. The molecule has 6 nitrogen and oxygen atoms in total. The van der Waals surface area contributed by atoms with Crippen molar-refractivity contribution in [3.8, 4) is 0 Å². The fourth-order valence-electron chi connectivity index (χ4n) is 3.76. The first-order chi connectivity index (χ1) is 11.5. The third-order valence-electron chi connectivity index (χ3n) is 5.56. The molecule has 1 saturated carbocycles. The summed E-state index contributed by atoms with van der Waals surface area (Å²) in [6.45, 7) is 1.28. The normalized spacial score (nSPS) is 29.1. The molecule has 5 rings (SSSR count). The number of nitrogens with zero attached hydrogens (tertiary/aromatic N) is 1. The quantitative estimate of drug-likeness (QED) is 0.743. The van der Waals surface area contributed by atoms with E-state index in [2.05, 4.69) is 31.2 Å². The summed E-state index contributed by atoms with van der Waals surface area (Å²) < 4.78 is 6.87. The van der Waals surface area contributed by atoms with Crippen LogP contribution in [0.3, 0.4) is 0 Å². The molecule has 2 bridgehead atoms. The summed E-state index contributed by atoms with van der Waals surface area (Å²) in [6.07, 6.45) is 7.08. The van der Waals surface area contributed by atoms with Gasteiger partial charge < -0.3 is 20.1 Å². The molecule has 4 heterocycles. The van der Waals surface area contributed by atoms with Crippen molar-refractivity contribution in [3.63, 3.8) is 0 Å². The molecule has 3 N–H and O–H groups in total. The fourth-order valence-corrected chi connectivity index (χ4v) is 4.10. The predicted molar refractivity (Wildman–Crippen MR) is 92.8 cm³/mol. The van der Waals surface area contributed by atoms with Crippen LogP contribution in [0.2, 0.25) is 0 Å². The van der Waals surface area contributed by atoms with Crippen molar-refractivity contribution in [2.75, 3.05) is 19.8 Å². The number of aliphatic hydroxyl groups excluding tert-OH is 1. The number of aromatic nitrogens is 2. The first kappa shape index (κ1) is 16.1. The third kappa shape index (κ3) is 2.64. The van der Waals surface area contributed by atoms with Crippen molar-refractivity contribution in [3.05, 3.63) is 28.5 Å². The molecule has 2 aromatic rings. The van der Waals surface area contributed by atoms with Crippen LogP contribution in [0.5, 0.6) is 0 Å². The summed E-state index contributed by atoms with van der Waals surface area (Å²) in [5.41, 5.74) is 0.949. The molecule has 24 heavy (non-hydrogen) atoms. The first-order valence-corrected chi connectivity index (χ1v) is 9.00. The molecule has 2 aromatic heterocycles. The molecule has 0 unspecified atom stereocenters. The highest BCUT2D eigenvalue weighted by Crippen LogP contribution is 2.48. The van der Waals surface area contributed by atoms with Crippen LogP contribution in [0.4, 0.5) is 0 Å². The molecule has 0 aromatic carbocycles. The van der Waals surface area contributed by atoms with Crippen molar-refractivity contribution >= 4 is 32.9 Å². The second-order valence-corrected chi connectivity index (χ2v) is 7.98. The zero-order chi connectivity index (χ0) is 16.8. The van der Waals surface area contributed by atoms with E-state index in [-0.39, 0.29) is 23.5 Å². The zero-order valence-electron chi connectivity index (χ0n) is 13.3. The maximum absolute atomic E-state index is 12.6. The molecule has 1 amide bonds. The number of H-pyrrole nitrogens is 1. The summed E-state index contributed by atoms with van der Waals surface area (Å²) >= 11 is 3.39. The van der Waals surface area contributed by atoms with Gasteiger partial charge in [-0.3, -0.25) is 4.79 Å². The molecular formula is C17H20BrN3O3. The Morgan fingerprint density at radius 3 is 2.88 bits per heavy atom. The second-order valence-electron chi connectivity index (χ2n) is 7.06. The minimum atomic E-state index is -0.280. The topological polar surface area (TPSA) is 87.2 Å². The van der Waals surface area contributed by atoms with Crippen molar-refractivity contribution in [1.82, 2.24) is 15.3 Å². The number of rotatable bonds is 4. The van der Waals surface area contributed by atoms with Gasteiger partial charge >= 0.3 is 0 Å². The lowest BCUT2D eigenvalue weighted by molar-refractivity contribution is -0.190. The SMILES string of the molecule is O=C(NCC12CCC(CO)(CC1)CO2)c1c[nH]c2ncc(Br)cc12. The number of hydrogen-bond donors (Lipinski definition) is 3. The van der Waals surface area contributed by atoms with Crippen molar-refractivity contribution in [2.45, 2.75) is 31.3 Å². The van der Waals surface area contributed by atoms with Gasteiger partial charge in [0.05, 0.1) is 24.4 Å². The van der Waals surface area contributed by atoms with Crippen molar-refractivity contribution in [2.24, 2.45) is 5.41 Å². The van der Waals surface area contributed by atoms with Crippen molar-refractivity contribution in [1.29, 1.82) is 0 Å². The number of aliphatic hydroxyl groups is 1. The summed E-state index contributed by atoms with van der Waals surface area (Å²) in [5, 5.41) is 13.4. The van der Waals surface area contributed by atoms with Gasteiger partial charge in [0.15, 0.2) is 0 Å². The Bertz CT molecular complexity index is 764. The van der Waals surface area contributed by atoms with Gasteiger partial charge in [0.1, 0.15) is 5.65 Å². The molecule has 3 fully saturated rings. The van der Waals surface area contributed by atoms with Crippen LogP contribution in [0.15, 0.2) is 22.9 Å². The van der Waals surface area contributed by atoms with Gasteiger partial charge in [-0.05, 0) is 47.7 Å². The number of ether oxygens (including phenoxy) is 1. The average molecular weight is 394 g/mol. The minimum absolute atomic E-state index is 0.0550. The largest absolute Gasteiger partial charge is 0.396 e. The van der Waals surface area contributed by atoms with Gasteiger partial charge in [0, 0.05) is 34.2 Å². The summed E-state index contributed by atoms with van der Waals surface area (Å²) in [4.78, 5) is 19.9. The van der Waals surface area contributed by atoms with E-state index < -0.39 is 0 Å².